The molecule has 0 aliphatic heterocycles. The van der Waals surface area contributed by atoms with E-state index in [9.17, 15) is 4.79 Å². The summed E-state index contributed by atoms with van der Waals surface area (Å²) in [5.74, 6) is 5.71. The number of aliphatic hydroxyl groups excluding tert-OH is 1. The fraction of sp³-hybridized carbons (Fsp3) is 0.562. The number of carbonyl (C=O) groups excluding carboxylic acids is 1. The minimum absolute atomic E-state index is 0.0437. The molecule has 0 saturated carbocycles. The highest BCUT2D eigenvalue weighted by molar-refractivity contribution is 7.12. The molecule has 1 aromatic rings. The SMILES string of the molecule is CC(C)N(C)CCCNC(=O)c1sccc1C#CCCO. The third-order valence-corrected chi connectivity index (χ3v) is 4.10. The summed E-state index contributed by atoms with van der Waals surface area (Å²) >= 11 is 1.40. The number of aliphatic hydroxyl groups is 1. The van der Waals surface area contributed by atoms with Crippen LogP contribution < -0.4 is 5.32 Å². The molecule has 0 bridgehead atoms. The number of rotatable bonds is 7. The van der Waals surface area contributed by atoms with Gasteiger partial charge < -0.3 is 15.3 Å². The minimum Gasteiger partial charge on any atom is -0.395 e. The standard InChI is InChI=1S/C16H24N2O2S/c1-13(2)18(3)10-6-9-17-16(20)15-14(8-12-21-15)7-4-5-11-19/h8,12-13,19H,5-6,9-11H2,1-3H3,(H,17,20). The summed E-state index contributed by atoms with van der Waals surface area (Å²) in [6.07, 6.45) is 1.36. The predicted molar refractivity (Wildman–Crippen MR) is 87.6 cm³/mol. The van der Waals surface area contributed by atoms with Crippen molar-refractivity contribution in [1.29, 1.82) is 0 Å². The normalized spacial score (nSPS) is 10.6. The molecule has 1 rings (SSSR count). The van der Waals surface area contributed by atoms with E-state index in [2.05, 4.69) is 43.0 Å². The molecule has 0 saturated heterocycles. The summed E-state index contributed by atoms with van der Waals surface area (Å²) in [5, 5.41) is 13.5. The molecule has 5 heteroatoms. The van der Waals surface area contributed by atoms with Gasteiger partial charge in [0.1, 0.15) is 4.88 Å². The maximum absolute atomic E-state index is 12.1. The Labute approximate surface area is 131 Å². The molecule has 0 unspecified atom stereocenters. The Hall–Kier alpha value is -1.35. The fourth-order valence-corrected chi connectivity index (χ4v) is 2.43. The third-order valence-electron chi connectivity index (χ3n) is 3.19. The smallest absolute Gasteiger partial charge is 0.262 e. The summed E-state index contributed by atoms with van der Waals surface area (Å²) in [5.41, 5.74) is 0.741. The van der Waals surface area contributed by atoms with Crippen molar-refractivity contribution in [2.45, 2.75) is 32.7 Å². The number of hydrogen-bond acceptors (Lipinski definition) is 4. The molecule has 0 spiro atoms. The third kappa shape index (κ3) is 6.30. The van der Waals surface area contributed by atoms with E-state index >= 15 is 0 Å². The van der Waals surface area contributed by atoms with Crippen LogP contribution in [0.5, 0.6) is 0 Å². The minimum atomic E-state index is -0.0644. The molecule has 0 radical (unpaired) electrons. The molecule has 21 heavy (non-hydrogen) atoms. The van der Waals surface area contributed by atoms with Crippen LogP contribution in [0.25, 0.3) is 0 Å². The van der Waals surface area contributed by atoms with Gasteiger partial charge in [0.15, 0.2) is 0 Å². The monoisotopic (exact) mass is 308 g/mol. The van der Waals surface area contributed by atoms with Crippen LogP contribution >= 0.6 is 11.3 Å². The molecule has 0 aliphatic carbocycles. The highest BCUT2D eigenvalue weighted by atomic mass is 32.1. The molecule has 4 nitrogen and oxygen atoms in total. The fourth-order valence-electron chi connectivity index (χ4n) is 1.67. The second-order valence-corrected chi connectivity index (χ2v) is 6.04. The van der Waals surface area contributed by atoms with Gasteiger partial charge in [-0.2, -0.15) is 0 Å². The average Bonchev–Trinajstić information content (AvgIpc) is 2.91. The summed E-state index contributed by atoms with van der Waals surface area (Å²) in [6, 6.07) is 2.36. The van der Waals surface area contributed by atoms with Gasteiger partial charge in [0.05, 0.1) is 6.61 Å². The number of thiophene rings is 1. The highest BCUT2D eigenvalue weighted by Gasteiger charge is 2.11. The molecule has 2 N–H and O–H groups in total. The number of nitrogens with zero attached hydrogens (tertiary/aromatic N) is 1. The number of carbonyl (C=O) groups is 1. The number of amides is 1. The van der Waals surface area contributed by atoms with Crippen LogP contribution in [0.15, 0.2) is 11.4 Å². The first-order valence-electron chi connectivity index (χ1n) is 7.22. The lowest BCUT2D eigenvalue weighted by molar-refractivity contribution is 0.0955. The summed E-state index contributed by atoms with van der Waals surface area (Å²) < 4.78 is 0. The molecular weight excluding hydrogens is 284 g/mol. The number of nitrogens with one attached hydrogen (secondary N) is 1. The van der Waals surface area contributed by atoms with E-state index in [1.807, 2.05) is 11.4 Å². The molecule has 0 atom stereocenters. The van der Waals surface area contributed by atoms with Crippen LogP contribution in [0.1, 0.15) is 41.9 Å². The topological polar surface area (TPSA) is 52.6 Å². The van der Waals surface area contributed by atoms with Gasteiger partial charge in [-0.25, -0.2) is 0 Å². The van der Waals surface area contributed by atoms with Gasteiger partial charge in [-0.15, -0.1) is 11.3 Å². The van der Waals surface area contributed by atoms with Crippen LogP contribution in [0, 0.1) is 11.8 Å². The van der Waals surface area contributed by atoms with Gasteiger partial charge in [0.25, 0.3) is 5.91 Å². The molecule has 0 aromatic carbocycles. The van der Waals surface area contributed by atoms with E-state index in [0.717, 1.165) is 18.5 Å². The van der Waals surface area contributed by atoms with Crippen molar-refractivity contribution < 1.29 is 9.90 Å². The van der Waals surface area contributed by atoms with Crippen molar-refractivity contribution in [3.05, 3.63) is 21.9 Å². The van der Waals surface area contributed by atoms with Gasteiger partial charge >= 0.3 is 0 Å². The highest BCUT2D eigenvalue weighted by Crippen LogP contribution is 2.15. The van der Waals surface area contributed by atoms with Crippen LogP contribution in [-0.2, 0) is 0 Å². The zero-order chi connectivity index (χ0) is 15.7. The zero-order valence-corrected chi connectivity index (χ0v) is 13.8. The van der Waals surface area contributed by atoms with Crippen LogP contribution in [0.3, 0.4) is 0 Å². The van der Waals surface area contributed by atoms with Gasteiger partial charge in [-0.1, -0.05) is 11.8 Å². The quantitative estimate of drug-likeness (QED) is 0.598. The predicted octanol–water partition coefficient (Wildman–Crippen LogP) is 1.94. The molecule has 116 valence electrons. The first kappa shape index (κ1) is 17.7. The van der Waals surface area contributed by atoms with Crippen molar-refractivity contribution >= 4 is 17.2 Å². The summed E-state index contributed by atoms with van der Waals surface area (Å²) in [4.78, 5) is 15.0. The molecular formula is C16H24N2O2S. The second-order valence-electron chi connectivity index (χ2n) is 5.12. The van der Waals surface area contributed by atoms with Crippen LogP contribution in [0.2, 0.25) is 0 Å². The Morgan fingerprint density at radius 3 is 2.95 bits per heavy atom. The molecule has 1 amide bonds. The van der Waals surface area contributed by atoms with E-state index in [0.29, 0.717) is 23.9 Å². The van der Waals surface area contributed by atoms with Crippen molar-refractivity contribution in [3.63, 3.8) is 0 Å². The second kappa shape index (κ2) is 9.56. The maximum atomic E-state index is 12.1. The summed E-state index contributed by atoms with van der Waals surface area (Å²) in [6.45, 7) is 5.98. The Balaban J connectivity index is 2.43. The average molecular weight is 308 g/mol. The molecule has 1 heterocycles. The molecule has 0 fully saturated rings. The zero-order valence-electron chi connectivity index (χ0n) is 13.0. The Morgan fingerprint density at radius 2 is 2.29 bits per heavy atom. The molecule has 1 aromatic heterocycles. The van der Waals surface area contributed by atoms with Crippen LogP contribution in [0.4, 0.5) is 0 Å². The van der Waals surface area contributed by atoms with Gasteiger partial charge in [-0.3, -0.25) is 4.79 Å². The number of hydrogen-bond donors (Lipinski definition) is 2. The Morgan fingerprint density at radius 1 is 1.52 bits per heavy atom. The van der Waals surface area contributed by atoms with Crippen LogP contribution in [-0.4, -0.2) is 48.7 Å². The van der Waals surface area contributed by atoms with E-state index in [1.165, 1.54) is 11.3 Å². The van der Waals surface area contributed by atoms with Crippen molar-refractivity contribution in [1.82, 2.24) is 10.2 Å². The maximum Gasteiger partial charge on any atom is 0.262 e. The van der Waals surface area contributed by atoms with Gasteiger partial charge in [0.2, 0.25) is 0 Å². The van der Waals surface area contributed by atoms with E-state index < -0.39 is 0 Å². The van der Waals surface area contributed by atoms with Crippen molar-refractivity contribution in [3.8, 4) is 11.8 Å². The van der Waals surface area contributed by atoms with Gasteiger partial charge in [-0.05, 0) is 45.3 Å². The van der Waals surface area contributed by atoms with E-state index in [-0.39, 0.29) is 12.5 Å². The lowest BCUT2D eigenvalue weighted by atomic mass is 10.2. The lowest BCUT2D eigenvalue weighted by Gasteiger charge is -2.20. The largest absolute Gasteiger partial charge is 0.395 e. The van der Waals surface area contributed by atoms with Crippen molar-refractivity contribution in [2.24, 2.45) is 0 Å². The Kier molecular flexibility index (Phi) is 8.06. The van der Waals surface area contributed by atoms with Crippen molar-refractivity contribution in [2.75, 3.05) is 26.7 Å². The van der Waals surface area contributed by atoms with Gasteiger partial charge in [0, 0.05) is 24.6 Å². The lowest BCUT2D eigenvalue weighted by Crippen LogP contribution is -2.31. The first-order chi connectivity index (χ1) is 10.1. The van der Waals surface area contributed by atoms with E-state index in [1.54, 1.807) is 0 Å². The first-order valence-corrected chi connectivity index (χ1v) is 8.10. The van der Waals surface area contributed by atoms with E-state index in [4.69, 9.17) is 5.11 Å². The molecule has 0 aliphatic rings. The Bertz CT molecular complexity index is 500. The summed E-state index contributed by atoms with van der Waals surface area (Å²) in [7, 11) is 2.08.